The number of carbonyl (C=O) groups excluding carboxylic acids is 1. The number of halogens is 1. The molecule has 4 rings (SSSR count). The zero-order valence-corrected chi connectivity index (χ0v) is 15.1. The predicted molar refractivity (Wildman–Crippen MR) is 108 cm³/mol. The molecular formula is C21H13ClN2OS. The lowest BCUT2D eigenvalue weighted by Crippen LogP contribution is -2.19. The number of nitrogens with one attached hydrogen (secondary N) is 1. The Kier molecular flexibility index (Phi) is 4.34. The highest BCUT2D eigenvalue weighted by molar-refractivity contribution is 7.17. The Morgan fingerprint density at radius 2 is 1.88 bits per heavy atom. The van der Waals surface area contributed by atoms with Crippen molar-refractivity contribution in [2.45, 2.75) is 5.92 Å². The number of carbonyl (C=O) groups is 1. The van der Waals surface area contributed by atoms with Crippen LogP contribution in [-0.4, -0.2) is 5.91 Å². The summed E-state index contributed by atoms with van der Waals surface area (Å²) in [7, 11) is 0. The molecule has 3 nitrogen and oxygen atoms in total. The number of fused-ring (bicyclic) bond motifs is 2. The van der Waals surface area contributed by atoms with Gasteiger partial charge in [0.2, 0.25) is 5.91 Å². The molecular weight excluding hydrogens is 364 g/mol. The van der Waals surface area contributed by atoms with E-state index in [2.05, 4.69) is 11.4 Å². The van der Waals surface area contributed by atoms with Crippen LogP contribution in [0.15, 0.2) is 66.0 Å². The first kappa shape index (κ1) is 16.6. The summed E-state index contributed by atoms with van der Waals surface area (Å²) in [6, 6.07) is 21.3. The highest BCUT2D eigenvalue weighted by atomic mass is 35.5. The first-order valence-corrected chi connectivity index (χ1v) is 9.27. The summed E-state index contributed by atoms with van der Waals surface area (Å²) in [5, 5.41) is 17.9. The summed E-state index contributed by atoms with van der Waals surface area (Å²) < 4.78 is 1.00. The summed E-state index contributed by atoms with van der Waals surface area (Å²) in [5.74, 6) is -1.24. The number of benzene rings is 3. The van der Waals surface area contributed by atoms with Gasteiger partial charge in [-0.3, -0.25) is 4.79 Å². The summed E-state index contributed by atoms with van der Waals surface area (Å²) in [6.45, 7) is 0. The summed E-state index contributed by atoms with van der Waals surface area (Å²) in [6.07, 6.45) is 0. The molecule has 0 saturated carbocycles. The van der Waals surface area contributed by atoms with E-state index < -0.39 is 5.92 Å². The van der Waals surface area contributed by atoms with Crippen LogP contribution in [0.3, 0.4) is 0 Å². The van der Waals surface area contributed by atoms with Gasteiger partial charge in [0.25, 0.3) is 0 Å². The van der Waals surface area contributed by atoms with Crippen molar-refractivity contribution < 1.29 is 4.79 Å². The fraction of sp³-hybridized carbons (Fsp3) is 0.0476. The minimum absolute atomic E-state index is 0.345. The van der Waals surface area contributed by atoms with Crippen LogP contribution in [0.25, 0.3) is 20.9 Å². The molecule has 0 bridgehead atoms. The molecule has 5 heteroatoms. The van der Waals surface area contributed by atoms with Gasteiger partial charge in [-0.05, 0) is 57.4 Å². The molecule has 0 aliphatic heterocycles. The number of anilines is 1. The van der Waals surface area contributed by atoms with Gasteiger partial charge >= 0.3 is 0 Å². The van der Waals surface area contributed by atoms with Crippen LogP contribution in [-0.2, 0) is 4.79 Å². The van der Waals surface area contributed by atoms with Crippen molar-refractivity contribution in [3.8, 4) is 6.07 Å². The lowest BCUT2D eigenvalue weighted by molar-refractivity contribution is -0.116. The van der Waals surface area contributed by atoms with Crippen LogP contribution < -0.4 is 5.32 Å². The average molecular weight is 377 g/mol. The number of nitrogens with zero attached hydrogens (tertiary/aromatic N) is 1. The van der Waals surface area contributed by atoms with Crippen LogP contribution in [0.1, 0.15) is 11.5 Å². The molecule has 1 N–H and O–H groups in total. The molecule has 0 spiro atoms. The van der Waals surface area contributed by atoms with Crippen molar-refractivity contribution in [1.29, 1.82) is 5.26 Å². The quantitative estimate of drug-likeness (QED) is 0.480. The number of amides is 1. The first-order valence-electron chi connectivity index (χ1n) is 8.01. The fourth-order valence-electron chi connectivity index (χ4n) is 3.00. The minimum atomic E-state index is -0.895. The topological polar surface area (TPSA) is 52.9 Å². The molecule has 1 amide bonds. The first-order chi connectivity index (χ1) is 12.7. The van der Waals surface area contributed by atoms with Crippen molar-refractivity contribution in [3.63, 3.8) is 0 Å². The van der Waals surface area contributed by atoms with Crippen molar-refractivity contribution in [1.82, 2.24) is 0 Å². The van der Waals surface area contributed by atoms with E-state index in [0.717, 1.165) is 20.9 Å². The second kappa shape index (κ2) is 6.80. The molecule has 0 fully saturated rings. The lowest BCUT2D eigenvalue weighted by atomic mass is 9.99. The van der Waals surface area contributed by atoms with Crippen molar-refractivity contribution in [3.05, 3.63) is 76.6 Å². The number of nitriles is 1. The van der Waals surface area contributed by atoms with Crippen LogP contribution >= 0.6 is 22.9 Å². The maximum absolute atomic E-state index is 12.7. The van der Waals surface area contributed by atoms with Gasteiger partial charge in [-0.2, -0.15) is 5.26 Å². The number of hydrogen-bond acceptors (Lipinski definition) is 3. The molecule has 3 aromatic carbocycles. The van der Waals surface area contributed by atoms with Gasteiger partial charge in [-0.25, -0.2) is 0 Å². The van der Waals surface area contributed by atoms with E-state index in [9.17, 15) is 10.1 Å². The zero-order valence-electron chi connectivity index (χ0n) is 13.6. The Morgan fingerprint density at radius 1 is 1.08 bits per heavy atom. The van der Waals surface area contributed by atoms with Gasteiger partial charge in [0.15, 0.2) is 5.92 Å². The van der Waals surface area contributed by atoms with E-state index in [1.165, 1.54) is 11.3 Å². The van der Waals surface area contributed by atoms with Crippen molar-refractivity contribution in [2.24, 2.45) is 0 Å². The Labute approximate surface area is 159 Å². The van der Waals surface area contributed by atoms with Gasteiger partial charge in [-0.15, -0.1) is 11.3 Å². The maximum atomic E-state index is 12.7. The molecule has 0 aliphatic rings. The molecule has 0 radical (unpaired) electrons. The summed E-state index contributed by atoms with van der Waals surface area (Å²) in [4.78, 5) is 12.7. The van der Waals surface area contributed by atoms with Gasteiger partial charge in [0, 0.05) is 15.4 Å². The largest absolute Gasteiger partial charge is 0.325 e. The van der Waals surface area contributed by atoms with Crippen LogP contribution in [0.5, 0.6) is 0 Å². The van der Waals surface area contributed by atoms with Crippen LogP contribution in [0.4, 0.5) is 5.69 Å². The highest BCUT2D eigenvalue weighted by Crippen LogP contribution is 2.34. The maximum Gasteiger partial charge on any atom is 0.246 e. The van der Waals surface area contributed by atoms with Gasteiger partial charge in [0.1, 0.15) is 0 Å². The van der Waals surface area contributed by atoms with Crippen LogP contribution in [0.2, 0.25) is 5.02 Å². The van der Waals surface area contributed by atoms with E-state index in [4.69, 9.17) is 11.6 Å². The number of rotatable bonds is 3. The number of thiophene rings is 1. The Bertz CT molecular complexity index is 1180. The van der Waals surface area contributed by atoms with Gasteiger partial charge < -0.3 is 5.32 Å². The molecule has 1 atom stereocenters. The molecule has 1 unspecified atom stereocenters. The molecule has 26 heavy (non-hydrogen) atoms. The van der Waals surface area contributed by atoms with E-state index >= 15 is 0 Å². The lowest BCUT2D eigenvalue weighted by Gasteiger charge is -2.11. The van der Waals surface area contributed by atoms with E-state index in [1.807, 2.05) is 53.9 Å². The normalized spacial score (nSPS) is 12.0. The van der Waals surface area contributed by atoms with E-state index in [0.29, 0.717) is 16.3 Å². The molecule has 0 aliphatic carbocycles. The van der Waals surface area contributed by atoms with Gasteiger partial charge in [-0.1, -0.05) is 41.9 Å². The monoisotopic (exact) mass is 376 g/mol. The third-order valence-corrected chi connectivity index (χ3v) is 5.50. The van der Waals surface area contributed by atoms with Crippen LogP contribution in [0, 0.1) is 11.3 Å². The standard InChI is InChI=1S/C21H13ClN2OS/c22-15-6-8-20-17(10-15)19(12-26-20)18(11-23)21(25)24-16-7-5-13-3-1-2-4-14(13)9-16/h1-10,12,18H,(H,24,25). The smallest absolute Gasteiger partial charge is 0.246 e. The second-order valence-electron chi connectivity index (χ2n) is 5.94. The Balaban J connectivity index is 1.66. The average Bonchev–Trinajstić information content (AvgIpc) is 3.05. The number of hydrogen-bond donors (Lipinski definition) is 1. The SMILES string of the molecule is N#CC(C(=O)Nc1ccc2ccccc2c1)c1csc2ccc(Cl)cc12. The molecule has 4 aromatic rings. The van der Waals surface area contributed by atoms with Crippen molar-refractivity contribution >= 4 is 55.4 Å². The van der Waals surface area contributed by atoms with E-state index in [-0.39, 0.29) is 5.91 Å². The minimum Gasteiger partial charge on any atom is -0.325 e. The Hall–Kier alpha value is -2.87. The molecule has 0 saturated heterocycles. The zero-order chi connectivity index (χ0) is 18.1. The molecule has 1 heterocycles. The van der Waals surface area contributed by atoms with Gasteiger partial charge in [0.05, 0.1) is 6.07 Å². The molecule has 126 valence electrons. The predicted octanol–water partition coefficient (Wildman–Crippen LogP) is 5.95. The third kappa shape index (κ3) is 3.03. The second-order valence-corrected chi connectivity index (χ2v) is 7.29. The van der Waals surface area contributed by atoms with Crippen molar-refractivity contribution in [2.75, 3.05) is 5.32 Å². The highest BCUT2D eigenvalue weighted by Gasteiger charge is 2.23. The third-order valence-electron chi connectivity index (χ3n) is 4.28. The summed E-state index contributed by atoms with van der Waals surface area (Å²) in [5.41, 5.74) is 1.36. The Morgan fingerprint density at radius 3 is 2.69 bits per heavy atom. The summed E-state index contributed by atoms with van der Waals surface area (Å²) >= 11 is 7.58. The fourth-order valence-corrected chi connectivity index (χ4v) is 4.13. The molecule has 1 aromatic heterocycles. The van der Waals surface area contributed by atoms with E-state index in [1.54, 1.807) is 12.1 Å².